The summed E-state index contributed by atoms with van der Waals surface area (Å²) in [5, 5.41) is 5.88. The largest absolute Gasteiger partial charge is 0.486 e. The van der Waals surface area contributed by atoms with Crippen molar-refractivity contribution in [2.45, 2.75) is 32.7 Å². The number of carbonyl (C=O) groups is 1. The number of anilines is 4. The maximum absolute atomic E-state index is 14.9. The van der Waals surface area contributed by atoms with Crippen LogP contribution in [0.4, 0.5) is 31.8 Å². The topological polar surface area (TPSA) is 79.4 Å². The van der Waals surface area contributed by atoms with Gasteiger partial charge in [-0.25, -0.2) is 18.7 Å². The van der Waals surface area contributed by atoms with Crippen molar-refractivity contribution in [1.29, 1.82) is 0 Å². The first kappa shape index (κ1) is 21.1. The third kappa shape index (κ3) is 4.06. The maximum Gasteiger partial charge on any atom is 0.227 e. The lowest BCUT2D eigenvalue weighted by Gasteiger charge is -2.34. The van der Waals surface area contributed by atoms with E-state index in [1.807, 2.05) is 30.9 Å². The Hall–Kier alpha value is -3.75. The van der Waals surface area contributed by atoms with E-state index in [-0.39, 0.29) is 29.3 Å². The molecule has 2 N–H and O–H groups in total. The molecule has 5 rings (SSSR count). The van der Waals surface area contributed by atoms with Crippen molar-refractivity contribution in [3.63, 3.8) is 0 Å². The smallest absolute Gasteiger partial charge is 0.227 e. The minimum Gasteiger partial charge on any atom is -0.486 e. The molecule has 2 aliphatic rings. The van der Waals surface area contributed by atoms with Crippen LogP contribution in [0.15, 0.2) is 36.5 Å². The second-order valence-electron chi connectivity index (χ2n) is 8.38. The summed E-state index contributed by atoms with van der Waals surface area (Å²) in [5.74, 6) is -0.934. The standard InChI is InChI=1S/C24H23F2N5O2/c1-13(2)31-7-8-33-23-17(25)9-15(10-20(23)31)22-18(26)12-27-24(30-22)28-16-5-3-14-4-6-21(32)29-19(14)11-16/h3,5,9-13H,4,6-8H2,1-2H3,(H,29,32)(H,27,28,30). The highest BCUT2D eigenvalue weighted by atomic mass is 19.1. The van der Waals surface area contributed by atoms with E-state index in [0.717, 1.165) is 17.4 Å². The SMILES string of the molecule is CC(C)N1CCOc2c(F)cc(-c3nc(Nc4ccc5c(c4)NC(=O)CC5)ncc3F)cc21. The van der Waals surface area contributed by atoms with E-state index in [1.54, 1.807) is 12.1 Å². The van der Waals surface area contributed by atoms with Gasteiger partial charge in [-0.15, -0.1) is 0 Å². The van der Waals surface area contributed by atoms with Gasteiger partial charge in [-0.05, 0) is 50.1 Å². The molecule has 1 aromatic heterocycles. The number of hydrogen-bond acceptors (Lipinski definition) is 6. The van der Waals surface area contributed by atoms with E-state index >= 15 is 0 Å². The van der Waals surface area contributed by atoms with Gasteiger partial charge in [0, 0.05) is 29.4 Å². The summed E-state index contributed by atoms with van der Waals surface area (Å²) in [6, 6.07) is 8.60. The zero-order valence-electron chi connectivity index (χ0n) is 18.3. The van der Waals surface area contributed by atoms with E-state index in [2.05, 4.69) is 20.6 Å². The number of ether oxygens (including phenoxy) is 1. The summed E-state index contributed by atoms with van der Waals surface area (Å²) in [6.07, 6.45) is 2.19. The van der Waals surface area contributed by atoms with Gasteiger partial charge in [-0.3, -0.25) is 4.79 Å². The number of nitrogens with zero attached hydrogens (tertiary/aromatic N) is 3. The predicted octanol–water partition coefficient (Wildman–Crippen LogP) is 4.66. The van der Waals surface area contributed by atoms with Crippen molar-refractivity contribution in [1.82, 2.24) is 9.97 Å². The van der Waals surface area contributed by atoms with Crippen molar-refractivity contribution < 1.29 is 18.3 Å². The minimum absolute atomic E-state index is 0.0188. The van der Waals surface area contributed by atoms with Crippen molar-refractivity contribution >= 4 is 28.9 Å². The molecule has 3 heterocycles. The lowest BCUT2D eigenvalue weighted by Crippen LogP contribution is -2.38. The van der Waals surface area contributed by atoms with Gasteiger partial charge in [0.1, 0.15) is 12.3 Å². The van der Waals surface area contributed by atoms with Crippen LogP contribution in [-0.2, 0) is 11.2 Å². The Balaban J connectivity index is 1.49. The number of halogens is 2. The van der Waals surface area contributed by atoms with Crippen LogP contribution in [-0.4, -0.2) is 35.1 Å². The van der Waals surface area contributed by atoms with Crippen LogP contribution in [0.2, 0.25) is 0 Å². The quantitative estimate of drug-likeness (QED) is 0.601. The fraction of sp³-hybridized carbons (Fsp3) is 0.292. The molecule has 2 aliphatic heterocycles. The maximum atomic E-state index is 14.9. The van der Waals surface area contributed by atoms with Crippen molar-refractivity contribution in [3.05, 3.63) is 53.7 Å². The summed E-state index contributed by atoms with van der Waals surface area (Å²) in [4.78, 5) is 22.0. The summed E-state index contributed by atoms with van der Waals surface area (Å²) >= 11 is 0. The first-order chi connectivity index (χ1) is 15.9. The predicted molar refractivity (Wildman–Crippen MR) is 122 cm³/mol. The van der Waals surface area contributed by atoms with Crippen LogP contribution in [0.3, 0.4) is 0 Å². The summed E-state index contributed by atoms with van der Waals surface area (Å²) in [6.45, 7) is 5.02. The Morgan fingerprint density at radius 1 is 1.15 bits per heavy atom. The highest BCUT2D eigenvalue weighted by Gasteiger charge is 2.25. The van der Waals surface area contributed by atoms with Gasteiger partial charge < -0.3 is 20.3 Å². The van der Waals surface area contributed by atoms with Gasteiger partial charge in [0.15, 0.2) is 17.4 Å². The zero-order chi connectivity index (χ0) is 23.1. The average molecular weight is 451 g/mol. The van der Waals surface area contributed by atoms with E-state index in [9.17, 15) is 13.6 Å². The van der Waals surface area contributed by atoms with E-state index in [1.165, 1.54) is 6.07 Å². The summed E-state index contributed by atoms with van der Waals surface area (Å²) in [5.41, 5.74) is 3.26. The molecule has 0 bridgehead atoms. The molecule has 0 radical (unpaired) electrons. The summed E-state index contributed by atoms with van der Waals surface area (Å²) < 4.78 is 35.1. The monoisotopic (exact) mass is 451 g/mol. The van der Waals surface area contributed by atoms with E-state index in [4.69, 9.17) is 4.74 Å². The molecule has 0 aliphatic carbocycles. The molecule has 2 aromatic carbocycles. The number of aryl methyl sites for hydroxylation is 1. The van der Waals surface area contributed by atoms with Gasteiger partial charge in [-0.1, -0.05) is 6.07 Å². The number of carbonyl (C=O) groups excluding carboxylic acids is 1. The number of amides is 1. The Morgan fingerprint density at radius 3 is 2.82 bits per heavy atom. The summed E-state index contributed by atoms with van der Waals surface area (Å²) in [7, 11) is 0. The number of aromatic nitrogens is 2. The third-order valence-corrected chi connectivity index (χ3v) is 5.81. The molecule has 33 heavy (non-hydrogen) atoms. The van der Waals surface area contributed by atoms with Crippen LogP contribution in [0, 0.1) is 11.6 Å². The number of fused-ring (bicyclic) bond motifs is 2. The van der Waals surface area contributed by atoms with Crippen LogP contribution >= 0.6 is 0 Å². The van der Waals surface area contributed by atoms with Crippen LogP contribution in [0.1, 0.15) is 25.8 Å². The zero-order valence-corrected chi connectivity index (χ0v) is 18.3. The Morgan fingerprint density at radius 2 is 2.00 bits per heavy atom. The van der Waals surface area contributed by atoms with E-state index in [0.29, 0.717) is 42.9 Å². The second kappa shape index (κ2) is 8.31. The molecular weight excluding hydrogens is 428 g/mol. The van der Waals surface area contributed by atoms with Crippen molar-refractivity contribution in [3.8, 4) is 17.0 Å². The Bertz CT molecular complexity index is 1250. The third-order valence-electron chi connectivity index (χ3n) is 5.81. The Kier molecular flexibility index (Phi) is 5.32. The van der Waals surface area contributed by atoms with Crippen molar-refractivity contribution in [2.75, 3.05) is 28.7 Å². The van der Waals surface area contributed by atoms with Gasteiger partial charge in [0.25, 0.3) is 0 Å². The minimum atomic E-state index is -0.662. The first-order valence-electron chi connectivity index (χ1n) is 10.8. The van der Waals surface area contributed by atoms with Gasteiger partial charge in [-0.2, -0.15) is 0 Å². The second-order valence-corrected chi connectivity index (χ2v) is 8.38. The first-order valence-corrected chi connectivity index (χ1v) is 10.8. The molecule has 0 spiro atoms. The highest BCUT2D eigenvalue weighted by molar-refractivity contribution is 5.94. The van der Waals surface area contributed by atoms with Gasteiger partial charge in [0.2, 0.25) is 11.9 Å². The molecule has 3 aromatic rings. The molecule has 9 heteroatoms. The molecule has 0 unspecified atom stereocenters. The molecule has 0 fully saturated rings. The van der Waals surface area contributed by atoms with Crippen LogP contribution < -0.4 is 20.3 Å². The van der Waals surface area contributed by atoms with Crippen molar-refractivity contribution in [2.24, 2.45) is 0 Å². The number of hydrogen-bond donors (Lipinski definition) is 2. The molecule has 0 saturated carbocycles. The number of nitrogens with one attached hydrogen (secondary N) is 2. The number of benzene rings is 2. The Labute approximate surface area is 189 Å². The lowest BCUT2D eigenvalue weighted by molar-refractivity contribution is -0.116. The van der Waals surface area contributed by atoms with Crippen LogP contribution in [0.25, 0.3) is 11.3 Å². The molecule has 0 atom stereocenters. The fourth-order valence-corrected chi connectivity index (χ4v) is 4.18. The van der Waals surface area contributed by atoms with E-state index < -0.39 is 11.6 Å². The normalized spacial score (nSPS) is 14.9. The molecule has 170 valence electrons. The number of rotatable bonds is 4. The van der Waals surface area contributed by atoms with Gasteiger partial charge in [0.05, 0.1) is 18.4 Å². The molecule has 1 amide bonds. The van der Waals surface area contributed by atoms with Gasteiger partial charge >= 0.3 is 0 Å². The molecular formula is C24H23F2N5O2. The molecule has 7 nitrogen and oxygen atoms in total. The lowest BCUT2D eigenvalue weighted by atomic mass is 10.0. The fourth-order valence-electron chi connectivity index (χ4n) is 4.18. The van der Waals surface area contributed by atoms with Crippen LogP contribution in [0.5, 0.6) is 5.75 Å². The molecule has 0 saturated heterocycles. The average Bonchev–Trinajstić information content (AvgIpc) is 2.79. The highest BCUT2D eigenvalue weighted by Crippen LogP contribution is 2.39.